The third-order valence-electron chi connectivity index (χ3n) is 4.57. The number of piperidine rings is 1. The largest absolute Gasteiger partial charge is 0.379 e. The lowest BCUT2D eigenvalue weighted by molar-refractivity contribution is 0.0867. The zero-order valence-corrected chi connectivity index (χ0v) is 13.5. The molecule has 0 radical (unpaired) electrons. The molecule has 2 N–H and O–H groups in total. The van der Waals surface area contributed by atoms with E-state index in [1.54, 1.807) is 0 Å². The molecule has 0 aromatic heterocycles. The molecule has 0 spiro atoms. The first-order valence-corrected chi connectivity index (χ1v) is 8.29. The summed E-state index contributed by atoms with van der Waals surface area (Å²) in [7, 11) is 0. The predicted octanol–water partition coefficient (Wildman–Crippen LogP) is 3.21. The first-order valence-electron chi connectivity index (χ1n) is 8.29. The maximum Gasteiger partial charge on any atom is 0.0659 e. The summed E-state index contributed by atoms with van der Waals surface area (Å²) in [6.07, 6.45) is 3.80. The number of rotatable bonds is 7. The summed E-state index contributed by atoms with van der Waals surface area (Å²) in [6, 6.07) is 10.9. The van der Waals surface area contributed by atoms with Gasteiger partial charge in [-0.15, -0.1) is 0 Å². The van der Waals surface area contributed by atoms with E-state index in [-0.39, 0.29) is 6.04 Å². The normalized spacial score (nSPS) is 19.0. The van der Waals surface area contributed by atoms with Crippen LogP contribution in [-0.2, 0) is 4.74 Å². The Morgan fingerprint density at radius 1 is 1.19 bits per heavy atom. The van der Waals surface area contributed by atoms with Crippen molar-refractivity contribution in [2.45, 2.75) is 45.2 Å². The molecule has 1 saturated heterocycles. The van der Waals surface area contributed by atoms with E-state index in [1.807, 2.05) is 18.2 Å². The summed E-state index contributed by atoms with van der Waals surface area (Å²) < 4.78 is 5.79. The van der Waals surface area contributed by atoms with Crippen molar-refractivity contribution in [2.75, 3.05) is 26.3 Å². The summed E-state index contributed by atoms with van der Waals surface area (Å²) >= 11 is 0. The number of nitrogens with zero attached hydrogens (tertiary/aromatic N) is 1. The van der Waals surface area contributed by atoms with E-state index in [2.05, 4.69) is 30.9 Å². The van der Waals surface area contributed by atoms with Crippen molar-refractivity contribution in [3.8, 4) is 0 Å². The predicted molar refractivity (Wildman–Crippen MR) is 88.2 cm³/mol. The Morgan fingerprint density at radius 3 is 2.48 bits per heavy atom. The smallest absolute Gasteiger partial charge is 0.0659 e. The zero-order valence-electron chi connectivity index (χ0n) is 13.5. The number of benzene rings is 1. The fourth-order valence-corrected chi connectivity index (χ4v) is 3.01. The summed E-state index contributed by atoms with van der Waals surface area (Å²) in [5.41, 5.74) is 7.29. The molecule has 0 aliphatic carbocycles. The van der Waals surface area contributed by atoms with Crippen LogP contribution in [0.3, 0.4) is 0 Å². The Bertz CT molecular complexity index is 385. The second-order valence-corrected chi connectivity index (χ2v) is 6.45. The van der Waals surface area contributed by atoms with Crippen molar-refractivity contribution in [1.82, 2.24) is 4.90 Å². The second kappa shape index (κ2) is 8.52. The van der Waals surface area contributed by atoms with Gasteiger partial charge in [-0.05, 0) is 57.7 Å². The maximum absolute atomic E-state index is 6.13. The van der Waals surface area contributed by atoms with Crippen LogP contribution in [0.5, 0.6) is 0 Å². The molecule has 21 heavy (non-hydrogen) atoms. The van der Waals surface area contributed by atoms with Crippen molar-refractivity contribution in [2.24, 2.45) is 11.7 Å². The Morgan fingerprint density at radius 2 is 1.86 bits per heavy atom. The standard InChI is InChI=1S/C18H30N2O/c1-15(2)20-11-8-16(9-12-20)10-13-21-14-18(19)17-6-4-3-5-7-17/h3-7,15-16,18H,8-14,19H2,1-2H3/t18-/m0/s1. The summed E-state index contributed by atoms with van der Waals surface area (Å²) in [5, 5.41) is 0. The summed E-state index contributed by atoms with van der Waals surface area (Å²) in [6.45, 7) is 8.52. The number of ether oxygens (including phenoxy) is 1. The second-order valence-electron chi connectivity index (χ2n) is 6.45. The van der Waals surface area contributed by atoms with Crippen molar-refractivity contribution in [3.05, 3.63) is 35.9 Å². The molecular weight excluding hydrogens is 260 g/mol. The van der Waals surface area contributed by atoms with Crippen LogP contribution in [0.15, 0.2) is 30.3 Å². The molecule has 3 nitrogen and oxygen atoms in total. The third kappa shape index (κ3) is 5.42. The first kappa shape index (κ1) is 16.5. The Kier molecular flexibility index (Phi) is 6.68. The molecular formula is C18H30N2O. The average Bonchev–Trinajstić information content (AvgIpc) is 2.52. The van der Waals surface area contributed by atoms with E-state index >= 15 is 0 Å². The molecule has 0 unspecified atom stereocenters. The lowest BCUT2D eigenvalue weighted by Crippen LogP contribution is -2.38. The van der Waals surface area contributed by atoms with E-state index in [4.69, 9.17) is 10.5 Å². The molecule has 1 aliphatic rings. The zero-order chi connectivity index (χ0) is 15.1. The van der Waals surface area contributed by atoms with Crippen molar-refractivity contribution < 1.29 is 4.74 Å². The molecule has 1 aliphatic heterocycles. The van der Waals surface area contributed by atoms with Gasteiger partial charge in [-0.25, -0.2) is 0 Å². The Labute approximate surface area is 129 Å². The molecule has 0 saturated carbocycles. The highest BCUT2D eigenvalue weighted by atomic mass is 16.5. The van der Waals surface area contributed by atoms with Crippen LogP contribution >= 0.6 is 0 Å². The van der Waals surface area contributed by atoms with Crippen LogP contribution in [0.25, 0.3) is 0 Å². The Balaban J connectivity index is 1.58. The van der Waals surface area contributed by atoms with Gasteiger partial charge in [0.15, 0.2) is 0 Å². The van der Waals surface area contributed by atoms with Gasteiger partial charge >= 0.3 is 0 Å². The highest BCUT2D eigenvalue weighted by Gasteiger charge is 2.20. The van der Waals surface area contributed by atoms with Gasteiger partial charge in [-0.1, -0.05) is 30.3 Å². The maximum atomic E-state index is 6.13. The van der Waals surface area contributed by atoms with Crippen LogP contribution in [0.1, 0.15) is 44.7 Å². The van der Waals surface area contributed by atoms with Gasteiger partial charge in [-0.3, -0.25) is 0 Å². The van der Waals surface area contributed by atoms with Gasteiger partial charge in [0.05, 0.1) is 12.6 Å². The van der Waals surface area contributed by atoms with E-state index < -0.39 is 0 Å². The molecule has 2 rings (SSSR count). The minimum absolute atomic E-state index is 0.00557. The average molecular weight is 290 g/mol. The Hall–Kier alpha value is -0.900. The molecule has 3 heteroatoms. The van der Waals surface area contributed by atoms with Gasteiger partial charge in [0, 0.05) is 12.6 Å². The summed E-state index contributed by atoms with van der Waals surface area (Å²) in [5.74, 6) is 0.827. The van der Waals surface area contributed by atoms with Crippen molar-refractivity contribution >= 4 is 0 Å². The van der Waals surface area contributed by atoms with Crippen LogP contribution in [-0.4, -0.2) is 37.2 Å². The van der Waals surface area contributed by atoms with Crippen LogP contribution in [0, 0.1) is 5.92 Å². The molecule has 118 valence electrons. The molecule has 0 bridgehead atoms. The molecule has 0 amide bonds. The van der Waals surface area contributed by atoms with Gasteiger partial charge in [-0.2, -0.15) is 0 Å². The lowest BCUT2D eigenvalue weighted by Gasteiger charge is -2.34. The quantitative estimate of drug-likeness (QED) is 0.784. The first-order chi connectivity index (χ1) is 10.2. The molecule has 1 aromatic carbocycles. The van der Waals surface area contributed by atoms with Crippen molar-refractivity contribution in [1.29, 1.82) is 0 Å². The van der Waals surface area contributed by atoms with Crippen LogP contribution in [0.2, 0.25) is 0 Å². The number of hydrogen-bond donors (Lipinski definition) is 1. The van der Waals surface area contributed by atoms with Crippen LogP contribution in [0.4, 0.5) is 0 Å². The van der Waals surface area contributed by atoms with Gasteiger partial charge < -0.3 is 15.4 Å². The fraction of sp³-hybridized carbons (Fsp3) is 0.667. The molecule has 1 fully saturated rings. The fourth-order valence-electron chi connectivity index (χ4n) is 3.01. The summed E-state index contributed by atoms with van der Waals surface area (Å²) in [4.78, 5) is 2.57. The highest BCUT2D eigenvalue weighted by molar-refractivity contribution is 5.18. The van der Waals surface area contributed by atoms with Crippen molar-refractivity contribution in [3.63, 3.8) is 0 Å². The third-order valence-corrected chi connectivity index (χ3v) is 4.57. The van der Waals surface area contributed by atoms with E-state index in [9.17, 15) is 0 Å². The van der Waals surface area contributed by atoms with Crippen LogP contribution < -0.4 is 5.73 Å². The molecule has 1 heterocycles. The molecule has 1 aromatic rings. The van der Waals surface area contributed by atoms with Gasteiger partial charge in [0.1, 0.15) is 0 Å². The number of hydrogen-bond acceptors (Lipinski definition) is 3. The van der Waals surface area contributed by atoms with Gasteiger partial charge in [0.25, 0.3) is 0 Å². The highest BCUT2D eigenvalue weighted by Crippen LogP contribution is 2.22. The minimum atomic E-state index is -0.00557. The lowest BCUT2D eigenvalue weighted by atomic mass is 9.93. The van der Waals surface area contributed by atoms with E-state index in [0.29, 0.717) is 12.6 Å². The van der Waals surface area contributed by atoms with Gasteiger partial charge in [0.2, 0.25) is 0 Å². The number of likely N-dealkylation sites (tertiary alicyclic amines) is 1. The molecule has 1 atom stereocenters. The monoisotopic (exact) mass is 290 g/mol. The topological polar surface area (TPSA) is 38.5 Å². The van der Waals surface area contributed by atoms with E-state index in [0.717, 1.165) is 18.1 Å². The minimum Gasteiger partial charge on any atom is -0.379 e. The SMILES string of the molecule is CC(C)N1CCC(CCOC[C@H](N)c2ccccc2)CC1. The van der Waals surface area contributed by atoms with E-state index in [1.165, 1.54) is 32.4 Å². The number of nitrogens with two attached hydrogens (primary N) is 1.